The zero-order valence-corrected chi connectivity index (χ0v) is 13.2. The largest absolute Gasteiger partial charge is 0.388 e. The van der Waals surface area contributed by atoms with E-state index < -0.39 is 6.10 Å². The van der Waals surface area contributed by atoms with Gasteiger partial charge in [0.05, 0.1) is 25.4 Å². The zero-order chi connectivity index (χ0) is 16.9. The fourth-order valence-corrected chi connectivity index (χ4v) is 2.93. The molecule has 1 aliphatic rings. The molecule has 124 valence electrons. The highest BCUT2D eigenvalue weighted by Gasteiger charge is 2.30. The lowest BCUT2D eigenvalue weighted by molar-refractivity contribution is -0.0176. The number of carbonyl (C=O) groups is 1. The fraction of sp³-hybridized carbons (Fsp3) is 0.333. The second-order valence-corrected chi connectivity index (χ2v) is 5.79. The maximum atomic E-state index is 12.7. The number of aromatic nitrogens is 1. The van der Waals surface area contributed by atoms with E-state index in [-0.39, 0.29) is 11.9 Å². The minimum Gasteiger partial charge on any atom is -0.388 e. The van der Waals surface area contributed by atoms with Crippen LogP contribution >= 0.6 is 0 Å². The second kappa shape index (κ2) is 7.30. The Morgan fingerprint density at radius 3 is 2.88 bits per heavy atom. The summed E-state index contributed by atoms with van der Waals surface area (Å²) in [5.41, 5.74) is 1.56. The number of H-pyrrole nitrogens is 1. The molecule has 0 bridgehead atoms. The van der Waals surface area contributed by atoms with Crippen LogP contribution < -0.4 is 0 Å². The van der Waals surface area contributed by atoms with E-state index in [1.165, 1.54) is 0 Å². The van der Waals surface area contributed by atoms with Gasteiger partial charge in [-0.25, -0.2) is 0 Å². The van der Waals surface area contributed by atoms with E-state index in [4.69, 9.17) is 10.00 Å². The predicted molar refractivity (Wildman–Crippen MR) is 87.2 cm³/mol. The first-order valence-electron chi connectivity index (χ1n) is 7.90. The van der Waals surface area contributed by atoms with E-state index >= 15 is 0 Å². The highest BCUT2D eigenvalue weighted by atomic mass is 16.5. The molecule has 1 aliphatic heterocycles. The van der Waals surface area contributed by atoms with Crippen molar-refractivity contribution in [2.24, 2.45) is 0 Å². The van der Waals surface area contributed by atoms with Gasteiger partial charge in [0, 0.05) is 13.0 Å². The summed E-state index contributed by atoms with van der Waals surface area (Å²) in [4.78, 5) is 17.2. The zero-order valence-electron chi connectivity index (χ0n) is 13.2. The molecular formula is C18H19N3O3. The van der Waals surface area contributed by atoms with Gasteiger partial charge < -0.3 is 19.7 Å². The fourth-order valence-electron chi connectivity index (χ4n) is 2.93. The molecule has 2 heterocycles. The van der Waals surface area contributed by atoms with Crippen LogP contribution in [-0.2, 0) is 4.74 Å². The number of nitrogens with one attached hydrogen (secondary N) is 1. The first kappa shape index (κ1) is 16.2. The molecule has 1 fully saturated rings. The first-order chi connectivity index (χ1) is 11.7. The Labute approximate surface area is 140 Å². The summed E-state index contributed by atoms with van der Waals surface area (Å²) in [5, 5.41) is 19.3. The average Bonchev–Trinajstić information content (AvgIpc) is 3.11. The van der Waals surface area contributed by atoms with Crippen LogP contribution in [0.2, 0.25) is 0 Å². The monoisotopic (exact) mass is 325 g/mol. The number of morpholine rings is 1. The third kappa shape index (κ3) is 3.48. The molecule has 0 saturated carbocycles. The van der Waals surface area contributed by atoms with Gasteiger partial charge in [-0.05, 0) is 17.7 Å². The third-order valence-corrected chi connectivity index (χ3v) is 4.20. The van der Waals surface area contributed by atoms with Crippen LogP contribution in [0.1, 0.15) is 34.3 Å². The second-order valence-electron chi connectivity index (χ2n) is 5.79. The number of hydrogen-bond donors (Lipinski definition) is 2. The number of hydrogen-bond acceptors (Lipinski definition) is 4. The van der Waals surface area contributed by atoms with Crippen molar-refractivity contribution in [3.8, 4) is 6.07 Å². The Kier molecular flexibility index (Phi) is 4.94. The van der Waals surface area contributed by atoms with Crippen LogP contribution in [-0.4, -0.2) is 46.7 Å². The predicted octanol–water partition coefficient (Wildman–Crippen LogP) is 1.85. The smallest absolute Gasteiger partial charge is 0.270 e. The third-order valence-electron chi connectivity index (χ3n) is 4.20. The van der Waals surface area contributed by atoms with Crippen molar-refractivity contribution < 1.29 is 14.6 Å². The summed E-state index contributed by atoms with van der Waals surface area (Å²) < 4.78 is 5.49. The van der Waals surface area contributed by atoms with Crippen molar-refractivity contribution in [3.63, 3.8) is 0 Å². The van der Waals surface area contributed by atoms with Crippen LogP contribution in [0.3, 0.4) is 0 Å². The number of aromatic amines is 1. The van der Waals surface area contributed by atoms with Crippen LogP contribution in [0.15, 0.2) is 42.5 Å². The highest BCUT2D eigenvalue weighted by molar-refractivity contribution is 5.93. The van der Waals surface area contributed by atoms with Gasteiger partial charge >= 0.3 is 0 Å². The summed E-state index contributed by atoms with van der Waals surface area (Å²) in [7, 11) is 0. The standard InChI is InChI=1S/C18H19N3O3/c19-11-14-6-7-16(20-14)18(23)21-8-9-24-12-15(21)10-17(22)13-4-2-1-3-5-13/h1-7,15,17,20,22H,8-10,12H2. The molecule has 3 rings (SSSR count). The summed E-state index contributed by atoms with van der Waals surface area (Å²) >= 11 is 0. The summed E-state index contributed by atoms with van der Waals surface area (Å²) in [6, 6.07) is 14.3. The Morgan fingerprint density at radius 1 is 1.38 bits per heavy atom. The van der Waals surface area contributed by atoms with E-state index in [0.717, 1.165) is 5.56 Å². The number of amides is 1. The summed E-state index contributed by atoms with van der Waals surface area (Å²) in [5.74, 6) is -0.176. The minimum atomic E-state index is -0.661. The van der Waals surface area contributed by atoms with Crippen LogP contribution in [0, 0.1) is 11.3 Å². The molecule has 24 heavy (non-hydrogen) atoms. The van der Waals surface area contributed by atoms with E-state index in [1.54, 1.807) is 17.0 Å². The van der Waals surface area contributed by atoms with E-state index in [9.17, 15) is 9.90 Å². The number of nitrogens with zero attached hydrogens (tertiary/aromatic N) is 2. The van der Waals surface area contributed by atoms with Gasteiger partial charge in [0.15, 0.2) is 0 Å². The molecule has 1 amide bonds. The van der Waals surface area contributed by atoms with E-state index in [0.29, 0.717) is 37.6 Å². The number of ether oxygens (including phenoxy) is 1. The van der Waals surface area contributed by atoms with Crippen molar-refractivity contribution in [1.82, 2.24) is 9.88 Å². The lowest BCUT2D eigenvalue weighted by Gasteiger charge is -2.36. The van der Waals surface area contributed by atoms with Gasteiger partial charge in [-0.2, -0.15) is 5.26 Å². The Balaban J connectivity index is 1.73. The molecule has 6 nitrogen and oxygen atoms in total. The van der Waals surface area contributed by atoms with Gasteiger partial charge in [0.25, 0.3) is 5.91 Å². The number of aliphatic hydroxyl groups is 1. The quantitative estimate of drug-likeness (QED) is 0.898. The molecule has 0 spiro atoms. The highest BCUT2D eigenvalue weighted by Crippen LogP contribution is 2.23. The van der Waals surface area contributed by atoms with Crippen molar-refractivity contribution >= 4 is 5.91 Å². The summed E-state index contributed by atoms with van der Waals surface area (Å²) in [6.07, 6.45) is -0.256. The van der Waals surface area contributed by atoms with Crippen molar-refractivity contribution in [3.05, 3.63) is 59.4 Å². The van der Waals surface area contributed by atoms with Gasteiger partial charge in [-0.3, -0.25) is 4.79 Å². The average molecular weight is 325 g/mol. The molecule has 2 unspecified atom stereocenters. The van der Waals surface area contributed by atoms with Gasteiger partial charge in [-0.1, -0.05) is 30.3 Å². The molecule has 2 aromatic rings. The van der Waals surface area contributed by atoms with E-state index in [1.807, 2.05) is 36.4 Å². The van der Waals surface area contributed by atoms with Crippen LogP contribution in [0.5, 0.6) is 0 Å². The summed E-state index contributed by atoms with van der Waals surface area (Å²) in [6.45, 7) is 1.32. The van der Waals surface area contributed by atoms with Gasteiger partial charge in [0.1, 0.15) is 17.5 Å². The Morgan fingerprint density at radius 2 is 2.17 bits per heavy atom. The number of carbonyl (C=O) groups excluding carboxylic acids is 1. The molecule has 1 aromatic carbocycles. The van der Waals surface area contributed by atoms with Crippen LogP contribution in [0.25, 0.3) is 0 Å². The number of aliphatic hydroxyl groups excluding tert-OH is 1. The van der Waals surface area contributed by atoms with E-state index in [2.05, 4.69) is 4.98 Å². The first-order valence-corrected chi connectivity index (χ1v) is 7.90. The van der Waals surface area contributed by atoms with Crippen molar-refractivity contribution in [2.75, 3.05) is 19.8 Å². The molecule has 2 atom stereocenters. The maximum absolute atomic E-state index is 12.7. The maximum Gasteiger partial charge on any atom is 0.270 e. The number of benzene rings is 1. The Hall–Kier alpha value is -2.62. The lowest BCUT2D eigenvalue weighted by atomic mass is 10.0. The molecule has 1 saturated heterocycles. The molecule has 0 aliphatic carbocycles. The lowest BCUT2D eigenvalue weighted by Crippen LogP contribution is -2.49. The van der Waals surface area contributed by atoms with Gasteiger partial charge in [-0.15, -0.1) is 0 Å². The molecule has 2 N–H and O–H groups in total. The molecule has 1 aromatic heterocycles. The topological polar surface area (TPSA) is 89.3 Å². The Bertz CT molecular complexity index is 735. The minimum absolute atomic E-state index is 0.176. The normalized spacial score (nSPS) is 18.8. The number of nitriles is 1. The number of rotatable bonds is 4. The molecular weight excluding hydrogens is 306 g/mol. The van der Waals surface area contributed by atoms with Crippen molar-refractivity contribution in [1.29, 1.82) is 5.26 Å². The molecule has 6 heteroatoms. The SMILES string of the molecule is N#Cc1ccc(C(=O)N2CCOCC2CC(O)c2ccccc2)[nH]1. The van der Waals surface area contributed by atoms with Gasteiger partial charge in [0.2, 0.25) is 0 Å². The van der Waals surface area contributed by atoms with Crippen molar-refractivity contribution in [2.45, 2.75) is 18.6 Å². The van der Waals surface area contributed by atoms with Crippen LogP contribution in [0.4, 0.5) is 0 Å². The molecule has 0 radical (unpaired) electrons.